The zero-order valence-electron chi connectivity index (χ0n) is 13.5. The average molecular weight is 361 g/mol. The molecule has 0 amide bonds. The first kappa shape index (κ1) is 16.4. The Morgan fingerprint density at radius 1 is 1.12 bits per heavy atom. The normalized spacial score (nSPS) is 27.3. The molecule has 0 saturated heterocycles. The van der Waals surface area contributed by atoms with Gasteiger partial charge >= 0.3 is 0 Å². The smallest absolute Gasteiger partial charge is 0.231 e. The van der Waals surface area contributed by atoms with Gasteiger partial charge in [-0.1, -0.05) is 24.3 Å². The molecule has 3 N–H and O–H groups in total. The van der Waals surface area contributed by atoms with Crippen molar-refractivity contribution in [3.05, 3.63) is 54.1 Å². The highest BCUT2D eigenvalue weighted by atomic mass is 32.2. The van der Waals surface area contributed by atoms with Crippen molar-refractivity contribution in [3.63, 3.8) is 0 Å². The van der Waals surface area contributed by atoms with Crippen LogP contribution >= 0.6 is 0 Å². The van der Waals surface area contributed by atoms with E-state index in [-0.39, 0.29) is 30.8 Å². The molecular formula is C18H19NO5S. The Hall–Kier alpha value is -2.09. The van der Waals surface area contributed by atoms with E-state index in [1.807, 2.05) is 6.07 Å². The first-order valence-electron chi connectivity index (χ1n) is 8.04. The molecule has 1 aliphatic carbocycles. The fraction of sp³-hybridized carbons (Fsp3) is 0.333. The van der Waals surface area contributed by atoms with E-state index in [0.717, 1.165) is 5.56 Å². The van der Waals surface area contributed by atoms with E-state index in [9.17, 15) is 13.5 Å². The molecule has 25 heavy (non-hydrogen) atoms. The zero-order chi connectivity index (χ0) is 17.7. The highest BCUT2D eigenvalue weighted by Crippen LogP contribution is 2.63. The van der Waals surface area contributed by atoms with Crippen LogP contribution < -0.4 is 15.2 Å². The lowest BCUT2D eigenvalue weighted by Crippen LogP contribution is -2.27. The van der Waals surface area contributed by atoms with Crippen LogP contribution in [0.4, 0.5) is 0 Å². The number of aliphatic hydroxyl groups is 1. The number of ether oxygens (including phenoxy) is 2. The van der Waals surface area contributed by atoms with E-state index in [1.54, 1.807) is 42.5 Å². The van der Waals surface area contributed by atoms with E-state index in [0.29, 0.717) is 11.5 Å². The molecule has 6 nitrogen and oxygen atoms in total. The number of nitrogens with two attached hydrogens (primary N) is 1. The van der Waals surface area contributed by atoms with Crippen molar-refractivity contribution >= 4 is 9.84 Å². The van der Waals surface area contributed by atoms with Gasteiger partial charge in [0, 0.05) is 17.9 Å². The molecule has 1 aliphatic heterocycles. The maximum atomic E-state index is 13.1. The van der Waals surface area contributed by atoms with Crippen molar-refractivity contribution in [1.29, 1.82) is 0 Å². The number of hydrogen-bond donors (Lipinski definition) is 2. The molecular weight excluding hydrogens is 342 g/mol. The van der Waals surface area contributed by atoms with Gasteiger partial charge in [-0.2, -0.15) is 0 Å². The first-order chi connectivity index (χ1) is 12.0. The average Bonchev–Trinajstić information content (AvgIpc) is 3.12. The Morgan fingerprint density at radius 2 is 1.84 bits per heavy atom. The molecule has 4 rings (SSSR count). The van der Waals surface area contributed by atoms with Gasteiger partial charge in [0.15, 0.2) is 21.3 Å². The van der Waals surface area contributed by atoms with Crippen LogP contribution in [0, 0.1) is 5.41 Å². The molecule has 0 bridgehead atoms. The molecule has 0 spiro atoms. The molecule has 0 aromatic heterocycles. The third-order valence-electron chi connectivity index (χ3n) is 5.22. The number of aliphatic hydroxyl groups excluding tert-OH is 1. The second kappa shape index (κ2) is 5.72. The van der Waals surface area contributed by atoms with Crippen LogP contribution in [-0.4, -0.2) is 38.7 Å². The van der Waals surface area contributed by atoms with E-state index in [4.69, 9.17) is 15.2 Å². The molecule has 1 heterocycles. The van der Waals surface area contributed by atoms with Gasteiger partial charge in [0.2, 0.25) is 6.79 Å². The zero-order valence-corrected chi connectivity index (χ0v) is 14.3. The van der Waals surface area contributed by atoms with Gasteiger partial charge in [-0.05, 0) is 29.8 Å². The highest BCUT2D eigenvalue weighted by molar-refractivity contribution is 7.92. The quantitative estimate of drug-likeness (QED) is 0.833. The molecule has 1 saturated carbocycles. The van der Waals surface area contributed by atoms with Crippen molar-refractivity contribution in [2.24, 2.45) is 11.1 Å². The Kier molecular flexibility index (Phi) is 3.75. The molecule has 1 fully saturated rings. The summed E-state index contributed by atoms with van der Waals surface area (Å²) < 4.78 is 36.9. The topological polar surface area (TPSA) is 98.8 Å². The van der Waals surface area contributed by atoms with E-state index >= 15 is 0 Å². The number of hydrogen-bond acceptors (Lipinski definition) is 6. The molecule has 0 radical (unpaired) electrons. The third-order valence-corrected chi connectivity index (χ3v) is 7.56. The van der Waals surface area contributed by atoms with Crippen LogP contribution in [0.1, 0.15) is 11.5 Å². The van der Waals surface area contributed by atoms with Gasteiger partial charge in [0.25, 0.3) is 0 Å². The summed E-state index contributed by atoms with van der Waals surface area (Å²) in [6, 6.07) is 13.7. The van der Waals surface area contributed by atoms with Gasteiger partial charge in [0.05, 0.1) is 16.8 Å². The number of benzene rings is 2. The predicted octanol–water partition coefficient (Wildman–Crippen LogP) is 1.29. The minimum Gasteiger partial charge on any atom is -0.454 e. The Morgan fingerprint density at radius 3 is 2.52 bits per heavy atom. The number of sulfone groups is 1. The lowest BCUT2D eigenvalue weighted by molar-refractivity contribution is 0.174. The van der Waals surface area contributed by atoms with Crippen molar-refractivity contribution in [2.45, 2.75) is 16.1 Å². The standard InChI is InChI=1S/C18H19NO5S/c19-9-18(10-20)16(12-6-7-14-15(8-12)24-11-23-14)17(18)25(21,22)13-4-2-1-3-5-13/h1-8,16-17,20H,9-11,19H2/t16-,17+,18-/m1/s1. The Labute approximate surface area is 146 Å². The van der Waals surface area contributed by atoms with Crippen molar-refractivity contribution < 1.29 is 23.0 Å². The van der Waals surface area contributed by atoms with E-state index < -0.39 is 20.5 Å². The van der Waals surface area contributed by atoms with Crippen LogP contribution in [-0.2, 0) is 9.84 Å². The molecule has 2 aromatic carbocycles. The summed E-state index contributed by atoms with van der Waals surface area (Å²) in [5.74, 6) is 0.834. The van der Waals surface area contributed by atoms with Crippen LogP contribution in [0.15, 0.2) is 53.4 Å². The first-order valence-corrected chi connectivity index (χ1v) is 9.58. The van der Waals surface area contributed by atoms with Crippen LogP contribution in [0.2, 0.25) is 0 Å². The minimum absolute atomic E-state index is 0.0827. The summed E-state index contributed by atoms with van der Waals surface area (Å²) in [7, 11) is -3.62. The maximum Gasteiger partial charge on any atom is 0.231 e. The highest BCUT2D eigenvalue weighted by Gasteiger charge is 2.70. The lowest BCUT2D eigenvalue weighted by atomic mass is 10.00. The largest absolute Gasteiger partial charge is 0.454 e. The Balaban J connectivity index is 1.77. The summed E-state index contributed by atoms with van der Waals surface area (Å²) >= 11 is 0. The van der Waals surface area contributed by atoms with Gasteiger partial charge in [0.1, 0.15) is 0 Å². The van der Waals surface area contributed by atoms with Crippen LogP contribution in [0.3, 0.4) is 0 Å². The van der Waals surface area contributed by atoms with Gasteiger partial charge in [-0.3, -0.25) is 0 Å². The molecule has 2 aromatic rings. The summed E-state index contributed by atoms with van der Waals surface area (Å²) in [4.78, 5) is 0.245. The molecule has 7 heteroatoms. The second-order valence-electron chi connectivity index (χ2n) is 6.46. The van der Waals surface area contributed by atoms with E-state index in [1.165, 1.54) is 0 Å². The molecule has 0 unspecified atom stereocenters. The Bertz CT molecular complexity index is 893. The van der Waals surface area contributed by atoms with Crippen molar-refractivity contribution in [3.8, 4) is 11.5 Å². The van der Waals surface area contributed by atoms with Crippen LogP contribution in [0.5, 0.6) is 11.5 Å². The van der Waals surface area contributed by atoms with Crippen LogP contribution in [0.25, 0.3) is 0 Å². The van der Waals surface area contributed by atoms with Crippen molar-refractivity contribution in [2.75, 3.05) is 19.9 Å². The van der Waals surface area contributed by atoms with Gasteiger partial charge < -0.3 is 20.3 Å². The minimum atomic E-state index is -3.62. The lowest BCUT2D eigenvalue weighted by Gasteiger charge is -2.12. The third kappa shape index (κ3) is 2.34. The van der Waals surface area contributed by atoms with E-state index in [2.05, 4.69) is 0 Å². The maximum absolute atomic E-state index is 13.1. The summed E-state index contributed by atoms with van der Waals surface area (Å²) in [5.41, 5.74) is 5.80. The molecule has 3 atom stereocenters. The number of rotatable bonds is 5. The van der Waals surface area contributed by atoms with Gasteiger partial charge in [-0.25, -0.2) is 8.42 Å². The molecule has 2 aliphatic rings. The second-order valence-corrected chi connectivity index (χ2v) is 8.53. The monoisotopic (exact) mass is 361 g/mol. The SMILES string of the molecule is NC[C@@]1(CO)[C@H](c2ccc3c(c2)OCO3)[C@@H]1S(=O)(=O)c1ccccc1. The molecule has 132 valence electrons. The predicted molar refractivity (Wildman–Crippen MR) is 91.3 cm³/mol. The van der Waals surface area contributed by atoms with Crippen molar-refractivity contribution in [1.82, 2.24) is 0 Å². The van der Waals surface area contributed by atoms with Gasteiger partial charge in [-0.15, -0.1) is 0 Å². The summed E-state index contributed by atoms with van der Waals surface area (Å²) in [6.45, 7) is -0.0596. The summed E-state index contributed by atoms with van der Waals surface area (Å²) in [5, 5.41) is 9.20. The summed E-state index contributed by atoms with van der Waals surface area (Å²) in [6.07, 6.45) is 0. The fourth-order valence-corrected chi connectivity index (χ4v) is 6.28. The fourth-order valence-electron chi connectivity index (χ4n) is 3.81. The number of fused-ring (bicyclic) bond motifs is 1.